The van der Waals surface area contributed by atoms with Gasteiger partial charge in [-0.3, -0.25) is 9.00 Å². The minimum absolute atomic E-state index is 0.0663. The van der Waals surface area contributed by atoms with Crippen molar-refractivity contribution >= 4 is 39.8 Å². The minimum atomic E-state index is -1.21. The summed E-state index contributed by atoms with van der Waals surface area (Å²) in [5.41, 5.74) is 0.347. The zero-order valence-electron chi connectivity index (χ0n) is 7.76. The van der Waals surface area contributed by atoms with Crippen molar-refractivity contribution in [2.24, 2.45) is 0 Å². The fourth-order valence-electron chi connectivity index (χ4n) is 1.61. The Balaban J connectivity index is 2.74. The van der Waals surface area contributed by atoms with Crippen molar-refractivity contribution in [3.8, 4) is 0 Å². The van der Waals surface area contributed by atoms with Crippen molar-refractivity contribution in [1.29, 1.82) is 0 Å². The van der Waals surface area contributed by atoms with E-state index < -0.39 is 10.8 Å². The lowest BCUT2D eigenvalue weighted by Gasteiger charge is -2.07. The Morgan fingerprint density at radius 3 is 2.60 bits per heavy atom. The van der Waals surface area contributed by atoms with Crippen LogP contribution in [0.5, 0.6) is 0 Å². The molecule has 2 rings (SSSR count). The molecule has 0 fully saturated rings. The monoisotopic (exact) mass is 262 g/mol. The summed E-state index contributed by atoms with van der Waals surface area (Å²) in [5, 5.41) is 0.706. The summed E-state index contributed by atoms with van der Waals surface area (Å²) in [5.74, 6) is 0.405. The summed E-state index contributed by atoms with van der Waals surface area (Å²) in [7, 11) is -1.21. The van der Waals surface area contributed by atoms with Crippen LogP contribution in [-0.4, -0.2) is 15.7 Å². The summed E-state index contributed by atoms with van der Waals surface area (Å²) >= 11 is 11.9. The highest BCUT2D eigenvalue weighted by molar-refractivity contribution is 7.85. The molecule has 5 heteroatoms. The van der Waals surface area contributed by atoms with Crippen LogP contribution < -0.4 is 0 Å². The van der Waals surface area contributed by atoms with Crippen LogP contribution in [0.25, 0.3) is 0 Å². The van der Waals surface area contributed by atoms with Gasteiger partial charge in [-0.1, -0.05) is 23.2 Å². The molecule has 0 bridgehead atoms. The number of rotatable bonds is 0. The van der Waals surface area contributed by atoms with E-state index in [1.165, 1.54) is 0 Å². The third-order valence-electron chi connectivity index (χ3n) is 2.30. The molecule has 1 aromatic rings. The first-order chi connectivity index (χ1) is 7.11. The number of carbonyl (C=O) groups is 1. The quantitative estimate of drug-likeness (QED) is 0.720. The average molecular weight is 263 g/mol. The summed E-state index contributed by atoms with van der Waals surface area (Å²) < 4.78 is 11.8. The molecule has 1 aliphatic rings. The third kappa shape index (κ3) is 1.96. The van der Waals surface area contributed by atoms with E-state index in [1.54, 1.807) is 12.1 Å². The second-order valence-corrected chi connectivity index (χ2v) is 5.63. The zero-order valence-corrected chi connectivity index (χ0v) is 10.1. The van der Waals surface area contributed by atoms with Gasteiger partial charge in [0.1, 0.15) is 0 Å². The predicted molar refractivity (Wildman–Crippen MR) is 61.3 cm³/mol. The molecular weight excluding hydrogens is 255 g/mol. The number of ketones is 1. The second-order valence-electron chi connectivity index (χ2n) is 3.31. The van der Waals surface area contributed by atoms with Gasteiger partial charge in [-0.2, -0.15) is 0 Å². The number of halogens is 2. The molecule has 0 amide bonds. The number of carbonyl (C=O) groups excluding carboxylic acids is 1. The molecule has 0 radical (unpaired) electrons. The van der Waals surface area contributed by atoms with Crippen LogP contribution in [0.1, 0.15) is 23.2 Å². The van der Waals surface area contributed by atoms with E-state index >= 15 is 0 Å². The Morgan fingerprint density at radius 1 is 1.20 bits per heavy atom. The summed E-state index contributed by atoms with van der Waals surface area (Å²) in [6.45, 7) is 0. The van der Waals surface area contributed by atoms with E-state index in [1.807, 2.05) is 0 Å². The molecule has 15 heavy (non-hydrogen) atoms. The lowest BCUT2D eigenvalue weighted by molar-refractivity contribution is 0.0980. The van der Waals surface area contributed by atoms with Crippen molar-refractivity contribution in [3.05, 3.63) is 27.7 Å². The molecule has 0 aromatic heterocycles. The van der Waals surface area contributed by atoms with Crippen molar-refractivity contribution in [2.45, 2.75) is 17.7 Å². The molecule has 0 N–H and O–H groups in total. The fraction of sp³-hybridized carbons (Fsp3) is 0.300. The van der Waals surface area contributed by atoms with E-state index in [0.717, 1.165) is 0 Å². The van der Waals surface area contributed by atoms with Crippen LogP contribution in [-0.2, 0) is 10.8 Å². The highest BCUT2D eigenvalue weighted by atomic mass is 35.5. The van der Waals surface area contributed by atoms with Crippen LogP contribution in [0.4, 0.5) is 0 Å². The van der Waals surface area contributed by atoms with Crippen molar-refractivity contribution in [2.75, 3.05) is 5.75 Å². The van der Waals surface area contributed by atoms with Crippen LogP contribution in [0.3, 0.4) is 0 Å². The Hall–Kier alpha value is -0.380. The second kappa shape index (κ2) is 4.24. The van der Waals surface area contributed by atoms with Gasteiger partial charge >= 0.3 is 0 Å². The maximum atomic E-state index is 11.8. The number of Topliss-reactive ketones (excluding diaryl/α,β-unsaturated/α-hetero) is 1. The van der Waals surface area contributed by atoms with E-state index in [0.29, 0.717) is 39.1 Å². The van der Waals surface area contributed by atoms with Gasteiger partial charge in [0, 0.05) is 12.2 Å². The van der Waals surface area contributed by atoms with Gasteiger partial charge < -0.3 is 0 Å². The lowest BCUT2D eigenvalue weighted by atomic mass is 10.1. The first-order valence-corrected chi connectivity index (χ1v) is 6.58. The summed E-state index contributed by atoms with van der Waals surface area (Å²) in [6, 6.07) is 3.16. The first-order valence-electron chi connectivity index (χ1n) is 4.51. The molecule has 1 atom stereocenters. The van der Waals surface area contributed by atoms with Crippen molar-refractivity contribution < 1.29 is 9.00 Å². The van der Waals surface area contributed by atoms with Crippen LogP contribution in [0.15, 0.2) is 17.0 Å². The van der Waals surface area contributed by atoms with E-state index in [9.17, 15) is 9.00 Å². The maximum Gasteiger partial charge on any atom is 0.165 e. The van der Waals surface area contributed by atoms with Crippen molar-refractivity contribution in [3.63, 3.8) is 0 Å². The van der Waals surface area contributed by atoms with Gasteiger partial charge in [0.05, 0.1) is 31.3 Å². The van der Waals surface area contributed by atoms with Crippen LogP contribution in [0, 0.1) is 0 Å². The first kappa shape index (κ1) is 11.1. The molecule has 1 unspecified atom stereocenters. The molecule has 1 aliphatic heterocycles. The predicted octanol–water partition coefficient (Wildman–Crippen LogP) is 3.08. The van der Waals surface area contributed by atoms with E-state index in [-0.39, 0.29) is 5.78 Å². The van der Waals surface area contributed by atoms with E-state index in [2.05, 4.69) is 0 Å². The molecule has 0 saturated heterocycles. The number of hydrogen-bond donors (Lipinski definition) is 0. The normalized spacial score (nSPS) is 20.9. The molecule has 0 spiro atoms. The van der Waals surface area contributed by atoms with Gasteiger partial charge in [-0.15, -0.1) is 0 Å². The lowest BCUT2D eigenvalue weighted by Crippen LogP contribution is -2.03. The molecule has 0 aliphatic carbocycles. The van der Waals surface area contributed by atoms with Crippen LogP contribution >= 0.6 is 23.2 Å². The molecule has 1 aromatic carbocycles. The fourth-order valence-corrected chi connectivity index (χ4v) is 3.69. The Labute approximate surface area is 100 Å². The Bertz CT molecular complexity index is 416. The molecular formula is C10H8Cl2O2S. The Kier molecular flexibility index (Phi) is 3.14. The largest absolute Gasteiger partial charge is 0.294 e. The zero-order chi connectivity index (χ0) is 11.0. The highest BCUT2D eigenvalue weighted by Crippen LogP contribution is 2.33. The summed E-state index contributed by atoms with van der Waals surface area (Å²) in [6.07, 6.45) is 1.01. The third-order valence-corrected chi connectivity index (χ3v) is 4.58. The Morgan fingerprint density at radius 2 is 1.87 bits per heavy atom. The van der Waals surface area contributed by atoms with Crippen molar-refractivity contribution in [1.82, 2.24) is 0 Å². The van der Waals surface area contributed by atoms with Gasteiger partial charge in [-0.25, -0.2) is 0 Å². The minimum Gasteiger partial charge on any atom is -0.294 e. The average Bonchev–Trinajstić information content (AvgIpc) is 2.33. The molecule has 0 saturated carbocycles. The van der Waals surface area contributed by atoms with Crippen LogP contribution in [0.2, 0.25) is 10.0 Å². The number of benzene rings is 1. The SMILES string of the molecule is O=C1CCCS(=O)c2c(Cl)ccc(Cl)c21. The maximum absolute atomic E-state index is 11.8. The van der Waals surface area contributed by atoms with E-state index in [4.69, 9.17) is 23.2 Å². The standard InChI is InChI=1S/C10H8Cl2O2S/c11-6-3-4-7(12)10-9(6)8(13)2-1-5-15(10)14/h3-4H,1-2,5H2. The molecule has 80 valence electrons. The summed E-state index contributed by atoms with van der Waals surface area (Å²) in [4.78, 5) is 12.2. The topological polar surface area (TPSA) is 34.1 Å². The number of hydrogen-bond acceptors (Lipinski definition) is 2. The van der Waals surface area contributed by atoms with Gasteiger partial charge in [0.25, 0.3) is 0 Å². The highest BCUT2D eigenvalue weighted by Gasteiger charge is 2.25. The number of fused-ring (bicyclic) bond motifs is 1. The van der Waals surface area contributed by atoms with Gasteiger partial charge in [0.15, 0.2) is 5.78 Å². The van der Waals surface area contributed by atoms with Gasteiger partial charge in [0.2, 0.25) is 0 Å². The smallest absolute Gasteiger partial charge is 0.165 e. The van der Waals surface area contributed by atoms with Gasteiger partial charge in [-0.05, 0) is 18.6 Å². The molecule has 1 heterocycles. The molecule has 2 nitrogen and oxygen atoms in total.